The van der Waals surface area contributed by atoms with Crippen LogP contribution in [0.2, 0.25) is 0 Å². The largest absolute Gasteiger partial charge is 0.389 e. The Balaban J connectivity index is 1.49. The Kier molecular flexibility index (Phi) is 5.50. The SMILES string of the molecule is Cc1cc(C)n(-c2ccc(C(=O)NCC(O)COCC3CC3)cc2)n1. The lowest BCUT2D eigenvalue weighted by Gasteiger charge is -2.12. The van der Waals surface area contributed by atoms with Crippen molar-refractivity contribution in [1.82, 2.24) is 15.1 Å². The van der Waals surface area contributed by atoms with Gasteiger partial charge in [0, 0.05) is 24.4 Å². The summed E-state index contributed by atoms with van der Waals surface area (Å²) >= 11 is 0. The molecule has 25 heavy (non-hydrogen) atoms. The first-order chi connectivity index (χ1) is 12.0. The Labute approximate surface area is 147 Å². The average Bonchev–Trinajstić information content (AvgIpc) is 3.36. The molecule has 1 unspecified atom stereocenters. The van der Waals surface area contributed by atoms with E-state index in [-0.39, 0.29) is 19.1 Å². The summed E-state index contributed by atoms with van der Waals surface area (Å²) in [6, 6.07) is 9.26. The van der Waals surface area contributed by atoms with E-state index in [1.807, 2.05) is 36.7 Å². The van der Waals surface area contributed by atoms with Gasteiger partial charge >= 0.3 is 0 Å². The summed E-state index contributed by atoms with van der Waals surface area (Å²) in [5.41, 5.74) is 3.47. The summed E-state index contributed by atoms with van der Waals surface area (Å²) in [7, 11) is 0. The number of amides is 1. The molecule has 1 aromatic carbocycles. The number of nitrogens with one attached hydrogen (secondary N) is 1. The maximum Gasteiger partial charge on any atom is 0.251 e. The number of carbonyl (C=O) groups excluding carboxylic acids is 1. The van der Waals surface area contributed by atoms with Crippen molar-refractivity contribution < 1.29 is 14.6 Å². The quantitative estimate of drug-likeness (QED) is 0.769. The lowest BCUT2D eigenvalue weighted by molar-refractivity contribution is 0.0320. The van der Waals surface area contributed by atoms with Gasteiger partial charge in [0.15, 0.2) is 0 Å². The molecule has 1 aromatic heterocycles. The smallest absolute Gasteiger partial charge is 0.251 e. The third kappa shape index (κ3) is 4.90. The average molecular weight is 343 g/mol. The number of nitrogens with zero attached hydrogens (tertiary/aromatic N) is 2. The van der Waals surface area contributed by atoms with Gasteiger partial charge in [-0.3, -0.25) is 4.79 Å². The van der Waals surface area contributed by atoms with Crippen LogP contribution in [-0.2, 0) is 4.74 Å². The number of hydrogen-bond donors (Lipinski definition) is 2. The van der Waals surface area contributed by atoms with Crippen molar-refractivity contribution in [3.8, 4) is 5.69 Å². The monoisotopic (exact) mass is 343 g/mol. The fraction of sp³-hybridized carbons (Fsp3) is 0.474. The maximum atomic E-state index is 12.2. The second kappa shape index (κ2) is 7.80. The van der Waals surface area contributed by atoms with E-state index in [0.29, 0.717) is 18.1 Å². The number of aromatic nitrogens is 2. The molecule has 0 aliphatic heterocycles. The number of benzene rings is 1. The van der Waals surface area contributed by atoms with Crippen LogP contribution in [0.4, 0.5) is 0 Å². The number of rotatable bonds is 8. The molecular weight excluding hydrogens is 318 g/mol. The Bertz CT molecular complexity index is 720. The fourth-order valence-electron chi connectivity index (χ4n) is 2.67. The van der Waals surface area contributed by atoms with Gasteiger partial charge in [0.25, 0.3) is 5.91 Å². The molecule has 0 radical (unpaired) electrons. The molecule has 1 aliphatic carbocycles. The highest BCUT2D eigenvalue weighted by molar-refractivity contribution is 5.94. The maximum absolute atomic E-state index is 12.2. The summed E-state index contributed by atoms with van der Waals surface area (Å²) in [4.78, 5) is 12.2. The molecule has 134 valence electrons. The van der Waals surface area contributed by atoms with Crippen LogP contribution in [0.1, 0.15) is 34.6 Å². The van der Waals surface area contributed by atoms with Crippen LogP contribution in [0.5, 0.6) is 0 Å². The van der Waals surface area contributed by atoms with Gasteiger partial charge < -0.3 is 15.2 Å². The lowest BCUT2D eigenvalue weighted by Crippen LogP contribution is -2.34. The van der Waals surface area contributed by atoms with E-state index in [9.17, 15) is 9.90 Å². The second-order valence-corrected chi connectivity index (χ2v) is 6.73. The fourth-order valence-corrected chi connectivity index (χ4v) is 2.67. The van der Waals surface area contributed by atoms with Crippen molar-refractivity contribution in [2.45, 2.75) is 32.8 Å². The first-order valence-electron chi connectivity index (χ1n) is 8.70. The molecule has 1 aliphatic rings. The van der Waals surface area contributed by atoms with Gasteiger partial charge in [-0.1, -0.05) is 0 Å². The molecule has 3 rings (SSSR count). The Morgan fingerprint density at radius 1 is 1.36 bits per heavy atom. The van der Waals surface area contributed by atoms with Gasteiger partial charge in [-0.2, -0.15) is 5.10 Å². The van der Waals surface area contributed by atoms with Crippen molar-refractivity contribution in [1.29, 1.82) is 0 Å². The van der Waals surface area contributed by atoms with E-state index in [4.69, 9.17) is 4.74 Å². The molecule has 1 heterocycles. The molecule has 1 fully saturated rings. The highest BCUT2D eigenvalue weighted by atomic mass is 16.5. The lowest BCUT2D eigenvalue weighted by atomic mass is 10.2. The van der Waals surface area contributed by atoms with E-state index >= 15 is 0 Å². The predicted octanol–water partition coefficient (Wildman–Crippen LogP) is 2.01. The van der Waals surface area contributed by atoms with Gasteiger partial charge in [0.2, 0.25) is 0 Å². The highest BCUT2D eigenvalue weighted by Gasteiger charge is 2.21. The van der Waals surface area contributed by atoms with Crippen LogP contribution in [0.3, 0.4) is 0 Å². The van der Waals surface area contributed by atoms with Crippen LogP contribution in [0.15, 0.2) is 30.3 Å². The van der Waals surface area contributed by atoms with Gasteiger partial charge in [-0.15, -0.1) is 0 Å². The Morgan fingerprint density at radius 3 is 2.68 bits per heavy atom. The molecule has 2 N–H and O–H groups in total. The first-order valence-corrected chi connectivity index (χ1v) is 8.70. The van der Waals surface area contributed by atoms with E-state index in [0.717, 1.165) is 17.1 Å². The summed E-state index contributed by atoms with van der Waals surface area (Å²) in [5, 5.41) is 17.0. The highest BCUT2D eigenvalue weighted by Crippen LogP contribution is 2.28. The van der Waals surface area contributed by atoms with E-state index < -0.39 is 6.10 Å². The molecule has 1 saturated carbocycles. The number of aliphatic hydroxyl groups is 1. The van der Waals surface area contributed by atoms with Crippen LogP contribution in [-0.4, -0.2) is 46.7 Å². The molecule has 2 aromatic rings. The summed E-state index contributed by atoms with van der Waals surface area (Å²) in [6.07, 6.45) is 1.76. The molecular formula is C19H25N3O3. The number of ether oxygens (including phenoxy) is 1. The predicted molar refractivity (Wildman–Crippen MR) is 94.9 cm³/mol. The molecule has 6 heteroatoms. The summed E-state index contributed by atoms with van der Waals surface area (Å²) in [6.45, 7) is 5.09. The van der Waals surface area contributed by atoms with Gasteiger partial charge in [0.05, 0.1) is 24.1 Å². The van der Waals surface area contributed by atoms with Crippen LogP contribution in [0, 0.1) is 19.8 Å². The zero-order valence-electron chi connectivity index (χ0n) is 14.7. The second-order valence-electron chi connectivity index (χ2n) is 6.73. The van der Waals surface area contributed by atoms with E-state index in [1.165, 1.54) is 12.8 Å². The summed E-state index contributed by atoms with van der Waals surface area (Å²) < 4.78 is 7.27. The molecule has 0 saturated heterocycles. The van der Waals surface area contributed by atoms with E-state index in [2.05, 4.69) is 10.4 Å². The zero-order valence-corrected chi connectivity index (χ0v) is 14.7. The number of carbonyl (C=O) groups is 1. The van der Waals surface area contributed by atoms with Crippen molar-refractivity contribution in [2.24, 2.45) is 5.92 Å². The Hall–Kier alpha value is -2.18. The molecule has 0 spiro atoms. The minimum atomic E-state index is -0.684. The Morgan fingerprint density at radius 2 is 2.08 bits per heavy atom. The summed E-state index contributed by atoms with van der Waals surface area (Å²) in [5.74, 6) is 0.462. The molecule has 0 bridgehead atoms. The van der Waals surface area contributed by atoms with Gasteiger partial charge in [0.1, 0.15) is 0 Å². The normalized spacial score (nSPS) is 15.2. The standard InChI is InChI=1S/C19H25N3O3/c1-13-9-14(2)22(21-13)17-7-5-16(6-8-17)19(24)20-10-18(23)12-25-11-15-3-4-15/h5-9,15,18,23H,3-4,10-12H2,1-2H3,(H,20,24). The number of aryl methyl sites for hydroxylation is 2. The topological polar surface area (TPSA) is 76.4 Å². The van der Waals surface area contributed by atoms with Crippen molar-refractivity contribution in [2.75, 3.05) is 19.8 Å². The number of hydrogen-bond acceptors (Lipinski definition) is 4. The molecule has 6 nitrogen and oxygen atoms in total. The van der Waals surface area contributed by atoms with E-state index in [1.54, 1.807) is 12.1 Å². The van der Waals surface area contributed by atoms with Crippen LogP contribution < -0.4 is 5.32 Å². The van der Waals surface area contributed by atoms with Crippen molar-refractivity contribution in [3.63, 3.8) is 0 Å². The zero-order chi connectivity index (χ0) is 17.8. The minimum absolute atomic E-state index is 0.183. The first kappa shape index (κ1) is 17.6. The number of aliphatic hydroxyl groups excluding tert-OH is 1. The van der Waals surface area contributed by atoms with Crippen molar-refractivity contribution in [3.05, 3.63) is 47.3 Å². The molecule has 1 atom stereocenters. The van der Waals surface area contributed by atoms with Crippen LogP contribution in [0.25, 0.3) is 5.69 Å². The third-order valence-electron chi connectivity index (χ3n) is 4.24. The third-order valence-corrected chi connectivity index (χ3v) is 4.24. The van der Waals surface area contributed by atoms with Crippen molar-refractivity contribution >= 4 is 5.91 Å². The van der Waals surface area contributed by atoms with Gasteiger partial charge in [-0.25, -0.2) is 4.68 Å². The minimum Gasteiger partial charge on any atom is -0.389 e. The molecule has 1 amide bonds. The van der Waals surface area contributed by atoms with Crippen LogP contribution >= 0.6 is 0 Å². The van der Waals surface area contributed by atoms with Gasteiger partial charge in [-0.05, 0) is 62.9 Å².